The zero-order chi connectivity index (χ0) is 12.1. The summed E-state index contributed by atoms with van der Waals surface area (Å²) in [6, 6.07) is 5.38. The van der Waals surface area contributed by atoms with Gasteiger partial charge in [-0.05, 0) is 30.5 Å². The van der Waals surface area contributed by atoms with E-state index < -0.39 is 0 Å². The first-order valence-electron chi connectivity index (χ1n) is 6.03. The van der Waals surface area contributed by atoms with Crippen LogP contribution in [0.4, 0.5) is 0 Å². The molecular weight excluding hydrogens is 216 g/mol. The summed E-state index contributed by atoms with van der Waals surface area (Å²) in [5, 5.41) is 0. The number of aldehydes is 1. The maximum Gasteiger partial charge on any atom is 0.150 e. The lowest BCUT2D eigenvalue weighted by molar-refractivity contribution is 0.111. The summed E-state index contributed by atoms with van der Waals surface area (Å²) >= 11 is 0. The predicted molar refractivity (Wildman–Crippen MR) is 65.4 cm³/mol. The Kier molecular flexibility index (Phi) is 4.15. The Morgan fingerprint density at radius 1 is 1.41 bits per heavy atom. The van der Waals surface area contributed by atoms with Gasteiger partial charge < -0.3 is 9.47 Å². The van der Waals surface area contributed by atoms with E-state index >= 15 is 0 Å². The van der Waals surface area contributed by atoms with Crippen molar-refractivity contribution in [3.8, 4) is 5.75 Å². The summed E-state index contributed by atoms with van der Waals surface area (Å²) in [6.07, 6.45) is 4.70. The van der Waals surface area contributed by atoms with Crippen LogP contribution in [0.1, 0.15) is 35.2 Å². The van der Waals surface area contributed by atoms with Gasteiger partial charge in [-0.15, -0.1) is 0 Å². The fourth-order valence-corrected chi connectivity index (χ4v) is 1.82. The Morgan fingerprint density at radius 3 is 2.88 bits per heavy atom. The highest BCUT2D eigenvalue weighted by atomic mass is 16.5. The van der Waals surface area contributed by atoms with E-state index in [-0.39, 0.29) is 0 Å². The molecule has 3 nitrogen and oxygen atoms in total. The molecule has 92 valence electrons. The number of ether oxygens (including phenoxy) is 2. The first kappa shape index (κ1) is 12.1. The lowest BCUT2D eigenvalue weighted by Gasteiger charge is -2.09. The quantitative estimate of drug-likeness (QED) is 0.537. The van der Waals surface area contributed by atoms with Gasteiger partial charge in [-0.1, -0.05) is 12.8 Å². The highest BCUT2D eigenvalue weighted by Gasteiger charge is 2.20. The fourth-order valence-electron chi connectivity index (χ4n) is 1.82. The Labute approximate surface area is 102 Å². The van der Waals surface area contributed by atoms with Crippen molar-refractivity contribution in [2.24, 2.45) is 5.92 Å². The van der Waals surface area contributed by atoms with Gasteiger partial charge in [-0.25, -0.2) is 0 Å². The number of benzene rings is 1. The molecule has 1 aromatic rings. The molecule has 0 atom stereocenters. The van der Waals surface area contributed by atoms with Crippen molar-refractivity contribution in [3.63, 3.8) is 0 Å². The molecule has 0 amide bonds. The maximum atomic E-state index is 10.7. The van der Waals surface area contributed by atoms with Gasteiger partial charge in [0.2, 0.25) is 0 Å². The molecule has 0 saturated heterocycles. The average Bonchev–Trinajstić information content (AvgIpc) is 3.18. The summed E-state index contributed by atoms with van der Waals surface area (Å²) in [4.78, 5) is 10.7. The highest BCUT2D eigenvalue weighted by molar-refractivity contribution is 5.75. The lowest BCUT2D eigenvalue weighted by Crippen LogP contribution is -2.00. The van der Waals surface area contributed by atoms with Crippen LogP contribution in [0.3, 0.4) is 0 Å². The third-order valence-corrected chi connectivity index (χ3v) is 3.07. The van der Waals surface area contributed by atoms with Gasteiger partial charge in [0, 0.05) is 17.7 Å². The van der Waals surface area contributed by atoms with Crippen LogP contribution in [0.2, 0.25) is 0 Å². The third kappa shape index (κ3) is 3.56. The van der Waals surface area contributed by atoms with Gasteiger partial charge in [0.15, 0.2) is 0 Å². The molecule has 3 heteroatoms. The second kappa shape index (κ2) is 5.82. The Bertz CT molecular complexity index is 383. The van der Waals surface area contributed by atoms with Gasteiger partial charge in [0.05, 0.1) is 13.7 Å². The predicted octanol–water partition coefficient (Wildman–Crippen LogP) is 2.82. The molecule has 0 spiro atoms. The van der Waals surface area contributed by atoms with Crippen LogP contribution in [0.5, 0.6) is 5.75 Å². The van der Waals surface area contributed by atoms with E-state index in [1.54, 1.807) is 13.2 Å². The van der Waals surface area contributed by atoms with Crippen LogP contribution in [0.25, 0.3) is 0 Å². The molecule has 1 aliphatic rings. The first-order valence-corrected chi connectivity index (χ1v) is 6.03. The average molecular weight is 234 g/mol. The molecule has 0 unspecified atom stereocenters. The van der Waals surface area contributed by atoms with Gasteiger partial charge in [-0.3, -0.25) is 4.79 Å². The Hall–Kier alpha value is -1.35. The summed E-state index contributed by atoms with van der Waals surface area (Å²) in [5.74, 6) is 1.67. The summed E-state index contributed by atoms with van der Waals surface area (Å²) in [6.45, 7) is 1.30. The normalized spacial score (nSPS) is 14.6. The Morgan fingerprint density at radius 2 is 2.24 bits per heavy atom. The molecule has 1 aromatic carbocycles. The van der Waals surface area contributed by atoms with Gasteiger partial charge in [-0.2, -0.15) is 0 Å². The number of methoxy groups -OCH3 is 1. The van der Waals surface area contributed by atoms with Crippen molar-refractivity contribution in [1.29, 1.82) is 0 Å². The SMILES string of the molecule is COc1ccc(C=O)cc1COCCC1CC1. The third-order valence-electron chi connectivity index (χ3n) is 3.07. The Balaban J connectivity index is 1.89. The van der Waals surface area contributed by atoms with E-state index in [9.17, 15) is 4.79 Å². The number of hydrogen-bond donors (Lipinski definition) is 0. The fraction of sp³-hybridized carbons (Fsp3) is 0.500. The minimum atomic E-state index is 0.511. The topological polar surface area (TPSA) is 35.5 Å². The molecule has 2 rings (SSSR count). The second-order valence-electron chi connectivity index (χ2n) is 4.47. The zero-order valence-electron chi connectivity index (χ0n) is 10.1. The number of carbonyl (C=O) groups excluding carboxylic acids is 1. The largest absolute Gasteiger partial charge is 0.496 e. The smallest absolute Gasteiger partial charge is 0.150 e. The molecule has 17 heavy (non-hydrogen) atoms. The standard InChI is InChI=1S/C14H18O3/c1-16-14-5-4-12(9-15)8-13(14)10-17-7-6-11-2-3-11/h4-5,8-9,11H,2-3,6-7,10H2,1H3. The highest BCUT2D eigenvalue weighted by Crippen LogP contribution is 2.32. The molecule has 0 aliphatic heterocycles. The first-order chi connectivity index (χ1) is 8.33. The van der Waals surface area contributed by atoms with Crippen molar-refractivity contribution < 1.29 is 14.3 Å². The van der Waals surface area contributed by atoms with Crippen LogP contribution in [-0.2, 0) is 11.3 Å². The minimum absolute atomic E-state index is 0.511. The van der Waals surface area contributed by atoms with Gasteiger partial charge in [0.25, 0.3) is 0 Å². The molecule has 1 aliphatic carbocycles. The van der Waals surface area contributed by atoms with Gasteiger partial charge >= 0.3 is 0 Å². The number of rotatable bonds is 7. The second-order valence-corrected chi connectivity index (χ2v) is 4.47. The van der Waals surface area contributed by atoms with Crippen molar-refractivity contribution >= 4 is 6.29 Å². The summed E-state index contributed by atoms with van der Waals surface area (Å²) < 4.78 is 10.9. The zero-order valence-corrected chi connectivity index (χ0v) is 10.1. The van der Waals surface area contributed by atoms with Crippen molar-refractivity contribution in [2.45, 2.75) is 25.9 Å². The van der Waals surface area contributed by atoms with Crippen LogP contribution in [0.15, 0.2) is 18.2 Å². The molecule has 0 N–H and O–H groups in total. The van der Waals surface area contributed by atoms with E-state index in [2.05, 4.69) is 0 Å². The van der Waals surface area contributed by atoms with E-state index in [4.69, 9.17) is 9.47 Å². The van der Waals surface area contributed by atoms with E-state index in [0.29, 0.717) is 12.2 Å². The lowest BCUT2D eigenvalue weighted by atomic mass is 10.1. The van der Waals surface area contributed by atoms with Crippen molar-refractivity contribution in [3.05, 3.63) is 29.3 Å². The molecule has 0 bridgehead atoms. The van der Waals surface area contributed by atoms with Crippen LogP contribution in [0, 0.1) is 5.92 Å². The molecule has 0 radical (unpaired) electrons. The molecule has 1 saturated carbocycles. The van der Waals surface area contributed by atoms with Crippen molar-refractivity contribution in [1.82, 2.24) is 0 Å². The monoisotopic (exact) mass is 234 g/mol. The van der Waals surface area contributed by atoms with E-state index in [1.807, 2.05) is 12.1 Å². The van der Waals surface area contributed by atoms with E-state index in [1.165, 1.54) is 12.8 Å². The van der Waals surface area contributed by atoms with Crippen molar-refractivity contribution in [2.75, 3.05) is 13.7 Å². The number of hydrogen-bond acceptors (Lipinski definition) is 3. The maximum absolute atomic E-state index is 10.7. The number of carbonyl (C=O) groups is 1. The molecular formula is C14H18O3. The van der Waals surface area contributed by atoms with Gasteiger partial charge in [0.1, 0.15) is 12.0 Å². The molecule has 0 aromatic heterocycles. The molecule has 0 heterocycles. The van der Waals surface area contributed by atoms with Crippen LogP contribution in [-0.4, -0.2) is 20.0 Å². The van der Waals surface area contributed by atoms with Crippen LogP contribution >= 0.6 is 0 Å². The molecule has 1 fully saturated rings. The van der Waals surface area contributed by atoms with Crippen LogP contribution < -0.4 is 4.74 Å². The summed E-state index contributed by atoms with van der Waals surface area (Å²) in [7, 11) is 1.63. The van der Waals surface area contributed by atoms with E-state index in [0.717, 1.165) is 36.5 Å². The minimum Gasteiger partial charge on any atom is -0.496 e. The summed E-state index contributed by atoms with van der Waals surface area (Å²) in [5.41, 5.74) is 1.60.